The van der Waals surface area contributed by atoms with Gasteiger partial charge in [0.25, 0.3) is 5.56 Å². The Labute approximate surface area is 212 Å². The molecule has 0 amide bonds. The second-order valence-electron chi connectivity index (χ2n) is 9.31. The fourth-order valence-corrected chi connectivity index (χ4v) is 4.74. The summed E-state index contributed by atoms with van der Waals surface area (Å²) in [7, 11) is 1.76. The molecular weight excluding hydrogens is 483 g/mol. The number of hydrogen-bond donors (Lipinski definition) is 0. The van der Waals surface area contributed by atoms with Gasteiger partial charge in [0, 0.05) is 51.1 Å². The maximum absolute atomic E-state index is 12.9. The van der Waals surface area contributed by atoms with E-state index in [1.807, 2.05) is 31.2 Å². The van der Waals surface area contributed by atoms with Crippen molar-refractivity contribution in [2.24, 2.45) is 7.05 Å². The lowest BCUT2D eigenvalue weighted by atomic mass is 10.0. The van der Waals surface area contributed by atoms with Crippen molar-refractivity contribution in [1.29, 1.82) is 0 Å². The molecule has 1 saturated heterocycles. The van der Waals surface area contributed by atoms with Crippen LogP contribution in [0.5, 0.6) is 11.5 Å². The quantitative estimate of drug-likeness (QED) is 0.345. The van der Waals surface area contributed by atoms with Crippen LogP contribution >= 0.6 is 0 Å². The van der Waals surface area contributed by atoms with Crippen molar-refractivity contribution in [3.8, 4) is 22.6 Å². The number of alkyl halides is 3. The Morgan fingerprint density at radius 1 is 0.946 bits per heavy atom. The predicted octanol–water partition coefficient (Wildman–Crippen LogP) is 5.46. The number of nitrogens with zero attached hydrogens (tertiary/aromatic N) is 3. The van der Waals surface area contributed by atoms with Crippen molar-refractivity contribution in [2.45, 2.75) is 19.6 Å². The topological polar surface area (TPSA) is 48.6 Å². The molecule has 0 unspecified atom stereocenters. The third kappa shape index (κ3) is 5.42. The van der Waals surface area contributed by atoms with Crippen LogP contribution in [0.25, 0.3) is 22.2 Å². The molecule has 1 aliphatic heterocycles. The van der Waals surface area contributed by atoms with Gasteiger partial charge in [-0.3, -0.25) is 9.69 Å². The van der Waals surface area contributed by atoms with E-state index in [0.717, 1.165) is 79.2 Å². The van der Waals surface area contributed by atoms with Crippen LogP contribution < -0.4 is 10.3 Å². The van der Waals surface area contributed by atoms with Crippen LogP contribution in [0.2, 0.25) is 0 Å². The number of hydrogen-bond acceptors (Lipinski definition) is 4. The molecule has 37 heavy (non-hydrogen) atoms. The van der Waals surface area contributed by atoms with Crippen molar-refractivity contribution < 1.29 is 22.6 Å². The molecule has 9 heteroatoms. The van der Waals surface area contributed by atoms with Crippen LogP contribution in [-0.4, -0.2) is 46.9 Å². The summed E-state index contributed by atoms with van der Waals surface area (Å²) < 4.78 is 53.9. The number of fused-ring (bicyclic) bond motifs is 1. The summed E-state index contributed by atoms with van der Waals surface area (Å²) >= 11 is 0. The minimum Gasteiger partial charge on any atom is -0.457 e. The highest BCUT2D eigenvalue weighted by molar-refractivity contribution is 5.93. The summed E-state index contributed by atoms with van der Waals surface area (Å²) in [5.74, 6) is 0.815. The first-order valence-corrected chi connectivity index (χ1v) is 12.2. The van der Waals surface area contributed by atoms with Gasteiger partial charge in [-0.25, -0.2) is 0 Å². The summed E-state index contributed by atoms with van der Waals surface area (Å²) in [6.45, 7) is 6.81. The molecule has 0 bridgehead atoms. The standard InChI is InChI=1S/C28H28F3N3O3/c1-19-15-20(17-23(16-19)37-22-5-3-21(4-6-22)28(29,30)31)24-18-34(10-9-33-11-13-36-14-12-33)25-7-8-26(35)32(2)27(24)25/h3-8,15-18H,9-14H2,1-2H3. The Kier molecular flexibility index (Phi) is 6.83. The molecule has 0 spiro atoms. The molecule has 6 nitrogen and oxygen atoms in total. The van der Waals surface area contributed by atoms with Gasteiger partial charge in [-0.1, -0.05) is 6.07 Å². The molecular formula is C28H28F3N3O3. The second-order valence-corrected chi connectivity index (χ2v) is 9.31. The first-order valence-electron chi connectivity index (χ1n) is 12.2. The van der Waals surface area contributed by atoms with Crippen LogP contribution in [0.4, 0.5) is 13.2 Å². The van der Waals surface area contributed by atoms with Gasteiger partial charge in [-0.2, -0.15) is 13.2 Å². The summed E-state index contributed by atoms with van der Waals surface area (Å²) in [4.78, 5) is 14.9. The van der Waals surface area contributed by atoms with Gasteiger partial charge in [0.1, 0.15) is 11.5 Å². The number of ether oxygens (including phenoxy) is 2. The fourth-order valence-electron chi connectivity index (χ4n) is 4.74. The number of halogens is 3. The van der Waals surface area contributed by atoms with Gasteiger partial charge in [0.2, 0.25) is 0 Å². The molecule has 0 radical (unpaired) electrons. The second kappa shape index (κ2) is 10.1. The number of aromatic nitrogens is 2. The van der Waals surface area contributed by atoms with Gasteiger partial charge in [-0.15, -0.1) is 0 Å². The van der Waals surface area contributed by atoms with Gasteiger partial charge < -0.3 is 18.6 Å². The van der Waals surface area contributed by atoms with Crippen LogP contribution in [0, 0.1) is 6.92 Å². The van der Waals surface area contributed by atoms with E-state index in [1.54, 1.807) is 17.7 Å². The smallest absolute Gasteiger partial charge is 0.416 e. The van der Waals surface area contributed by atoms with Gasteiger partial charge in [0.15, 0.2) is 0 Å². The zero-order valence-electron chi connectivity index (χ0n) is 20.7. The molecule has 1 fully saturated rings. The summed E-state index contributed by atoms with van der Waals surface area (Å²) in [5.41, 5.74) is 3.62. The number of pyridine rings is 1. The largest absolute Gasteiger partial charge is 0.457 e. The molecule has 0 saturated carbocycles. The minimum atomic E-state index is -4.40. The maximum Gasteiger partial charge on any atom is 0.416 e. The molecule has 2 aromatic heterocycles. The number of aryl methyl sites for hydroxylation is 2. The van der Waals surface area contributed by atoms with E-state index in [0.29, 0.717) is 11.5 Å². The lowest BCUT2D eigenvalue weighted by Crippen LogP contribution is -2.38. The minimum absolute atomic E-state index is 0.103. The van der Waals surface area contributed by atoms with E-state index >= 15 is 0 Å². The van der Waals surface area contributed by atoms with E-state index in [4.69, 9.17) is 9.47 Å². The van der Waals surface area contributed by atoms with E-state index < -0.39 is 11.7 Å². The molecule has 2 aromatic carbocycles. The van der Waals surface area contributed by atoms with E-state index in [2.05, 4.69) is 15.7 Å². The highest BCUT2D eigenvalue weighted by atomic mass is 19.4. The lowest BCUT2D eigenvalue weighted by Gasteiger charge is -2.26. The van der Waals surface area contributed by atoms with Crippen molar-refractivity contribution in [3.05, 3.63) is 82.3 Å². The van der Waals surface area contributed by atoms with Crippen molar-refractivity contribution >= 4 is 11.0 Å². The van der Waals surface area contributed by atoms with E-state index in [1.165, 1.54) is 12.1 Å². The van der Waals surface area contributed by atoms with E-state index in [9.17, 15) is 18.0 Å². The molecule has 4 aromatic rings. The average Bonchev–Trinajstić information content (AvgIpc) is 3.24. The SMILES string of the molecule is Cc1cc(Oc2ccc(C(F)(F)F)cc2)cc(-c2cn(CCN3CCOCC3)c3ccc(=O)n(C)c23)c1. The third-order valence-corrected chi connectivity index (χ3v) is 6.68. The monoisotopic (exact) mass is 511 g/mol. The van der Waals surface area contributed by atoms with Gasteiger partial charge in [-0.05, 0) is 60.5 Å². The number of rotatable bonds is 6. The molecule has 3 heterocycles. The van der Waals surface area contributed by atoms with Gasteiger partial charge >= 0.3 is 6.18 Å². The van der Waals surface area contributed by atoms with Crippen LogP contribution in [0.15, 0.2) is 65.6 Å². The van der Waals surface area contributed by atoms with Crippen molar-refractivity contribution in [3.63, 3.8) is 0 Å². The normalized spacial score (nSPS) is 14.8. The Hall–Kier alpha value is -3.56. The third-order valence-electron chi connectivity index (χ3n) is 6.68. The number of morpholine rings is 1. The van der Waals surface area contributed by atoms with Crippen LogP contribution in [-0.2, 0) is 24.5 Å². The zero-order valence-corrected chi connectivity index (χ0v) is 20.7. The molecule has 0 aliphatic carbocycles. The maximum atomic E-state index is 12.9. The average molecular weight is 512 g/mol. The number of benzene rings is 2. The molecule has 5 rings (SSSR count). The summed E-state index contributed by atoms with van der Waals surface area (Å²) in [6, 6.07) is 13.8. The molecule has 0 atom stereocenters. The van der Waals surface area contributed by atoms with Crippen molar-refractivity contribution in [2.75, 3.05) is 32.8 Å². The van der Waals surface area contributed by atoms with Crippen LogP contribution in [0.1, 0.15) is 11.1 Å². The predicted molar refractivity (Wildman–Crippen MR) is 136 cm³/mol. The highest BCUT2D eigenvalue weighted by Gasteiger charge is 2.30. The zero-order chi connectivity index (χ0) is 26.2. The first kappa shape index (κ1) is 25.1. The highest BCUT2D eigenvalue weighted by Crippen LogP contribution is 2.35. The van der Waals surface area contributed by atoms with Crippen molar-refractivity contribution in [1.82, 2.24) is 14.0 Å². The lowest BCUT2D eigenvalue weighted by molar-refractivity contribution is -0.137. The fraction of sp³-hybridized carbons (Fsp3) is 0.321. The van der Waals surface area contributed by atoms with Crippen LogP contribution in [0.3, 0.4) is 0 Å². The van der Waals surface area contributed by atoms with E-state index in [-0.39, 0.29) is 5.56 Å². The molecule has 1 aliphatic rings. The first-order chi connectivity index (χ1) is 17.7. The summed E-state index contributed by atoms with van der Waals surface area (Å²) in [5, 5.41) is 0. The Bertz CT molecular complexity index is 1470. The Morgan fingerprint density at radius 2 is 1.68 bits per heavy atom. The molecule has 0 N–H and O–H groups in total. The Balaban J connectivity index is 1.49. The molecule has 194 valence electrons. The van der Waals surface area contributed by atoms with Gasteiger partial charge in [0.05, 0.1) is 29.8 Å². The summed E-state index contributed by atoms with van der Waals surface area (Å²) in [6.07, 6.45) is -2.35. The Morgan fingerprint density at radius 3 is 2.38 bits per heavy atom.